The molecule has 1 atom stereocenters. The minimum atomic E-state index is -4.28. The van der Waals surface area contributed by atoms with Crippen molar-refractivity contribution in [3.63, 3.8) is 0 Å². The normalized spacial score (nSPS) is 12.2. The number of alkyl halides is 3. The summed E-state index contributed by atoms with van der Waals surface area (Å²) in [5.41, 5.74) is 1.79. The lowest BCUT2D eigenvalue weighted by Crippen LogP contribution is -2.27. The maximum absolute atomic E-state index is 12.4. The summed E-state index contributed by atoms with van der Waals surface area (Å²) in [6.07, 6.45) is -5.32. The number of nitrogens with zero attached hydrogens (tertiary/aromatic N) is 1. The molecule has 0 fully saturated rings. The lowest BCUT2D eigenvalue weighted by molar-refractivity contribution is -0.139. The van der Waals surface area contributed by atoms with Gasteiger partial charge in [0, 0.05) is 18.2 Å². The SMILES string of the molecule is CC(=O)Nc1cc(C(C)NC(=O)c2ccc(OCCC(F)(F)F)cc2)cc(C)n1. The molecule has 9 heteroatoms. The van der Waals surface area contributed by atoms with Crippen molar-refractivity contribution < 1.29 is 27.5 Å². The molecular weight excluding hydrogens is 387 g/mol. The smallest absolute Gasteiger partial charge is 0.392 e. The number of amides is 2. The Morgan fingerprint density at radius 3 is 2.41 bits per heavy atom. The summed E-state index contributed by atoms with van der Waals surface area (Å²) in [5.74, 6) is 0.0516. The Kier molecular flexibility index (Phi) is 7.19. The second kappa shape index (κ2) is 9.40. The van der Waals surface area contributed by atoms with Gasteiger partial charge in [-0.2, -0.15) is 13.2 Å². The lowest BCUT2D eigenvalue weighted by Gasteiger charge is -2.16. The van der Waals surface area contributed by atoms with E-state index in [1.807, 2.05) is 0 Å². The van der Waals surface area contributed by atoms with E-state index in [4.69, 9.17) is 4.74 Å². The number of anilines is 1. The minimum absolute atomic E-state index is 0.247. The fourth-order valence-corrected chi connectivity index (χ4v) is 2.54. The van der Waals surface area contributed by atoms with Crippen molar-refractivity contribution in [1.82, 2.24) is 10.3 Å². The molecule has 2 N–H and O–H groups in total. The van der Waals surface area contributed by atoms with Gasteiger partial charge in [-0.1, -0.05) is 0 Å². The second-order valence-electron chi connectivity index (χ2n) is 6.54. The van der Waals surface area contributed by atoms with Gasteiger partial charge in [0.05, 0.1) is 19.1 Å². The molecule has 29 heavy (non-hydrogen) atoms. The van der Waals surface area contributed by atoms with E-state index in [1.54, 1.807) is 26.0 Å². The molecule has 1 unspecified atom stereocenters. The van der Waals surface area contributed by atoms with Crippen LogP contribution in [-0.2, 0) is 4.79 Å². The average molecular weight is 409 g/mol. The van der Waals surface area contributed by atoms with Gasteiger partial charge < -0.3 is 15.4 Å². The summed E-state index contributed by atoms with van der Waals surface area (Å²) in [7, 11) is 0. The van der Waals surface area contributed by atoms with Crippen LogP contribution in [-0.4, -0.2) is 29.6 Å². The van der Waals surface area contributed by atoms with Crippen LogP contribution in [0.3, 0.4) is 0 Å². The van der Waals surface area contributed by atoms with Crippen molar-refractivity contribution in [3.8, 4) is 5.75 Å². The van der Waals surface area contributed by atoms with Crippen LogP contribution in [0.15, 0.2) is 36.4 Å². The first-order valence-electron chi connectivity index (χ1n) is 8.90. The third kappa shape index (κ3) is 7.44. The number of aryl methyl sites for hydroxylation is 1. The Balaban J connectivity index is 1.99. The Morgan fingerprint density at radius 2 is 1.83 bits per heavy atom. The van der Waals surface area contributed by atoms with Crippen LogP contribution in [0.25, 0.3) is 0 Å². The fraction of sp³-hybridized carbons (Fsp3) is 0.350. The molecule has 0 aliphatic heterocycles. The van der Waals surface area contributed by atoms with Gasteiger partial charge in [0.1, 0.15) is 11.6 Å². The summed E-state index contributed by atoms with van der Waals surface area (Å²) in [4.78, 5) is 27.9. The number of hydrogen-bond donors (Lipinski definition) is 2. The topological polar surface area (TPSA) is 80.3 Å². The number of carbonyl (C=O) groups is 2. The van der Waals surface area contributed by atoms with Gasteiger partial charge >= 0.3 is 6.18 Å². The van der Waals surface area contributed by atoms with Crippen LogP contribution in [0.1, 0.15) is 47.9 Å². The van der Waals surface area contributed by atoms with E-state index in [0.717, 1.165) is 5.56 Å². The molecule has 0 aliphatic carbocycles. The van der Waals surface area contributed by atoms with Crippen molar-refractivity contribution in [2.24, 2.45) is 0 Å². The van der Waals surface area contributed by atoms with E-state index in [9.17, 15) is 22.8 Å². The molecule has 1 aromatic carbocycles. The summed E-state index contributed by atoms with van der Waals surface area (Å²) in [5, 5.41) is 5.44. The van der Waals surface area contributed by atoms with E-state index < -0.39 is 19.2 Å². The first-order chi connectivity index (χ1) is 13.5. The number of nitrogens with one attached hydrogen (secondary N) is 2. The number of benzene rings is 1. The molecule has 1 heterocycles. The van der Waals surface area contributed by atoms with Gasteiger partial charge in [0.25, 0.3) is 5.91 Å². The average Bonchev–Trinajstić information content (AvgIpc) is 2.60. The summed E-state index contributed by atoms with van der Waals surface area (Å²) in [6, 6.07) is 8.96. The first kappa shape index (κ1) is 22.2. The highest BCUT2D eigenvalue weighted by Crippen LogP contribution is 2.21. The number of pyridine rings is 1. The van der Waals surface area contributed by atoms with Crippen molar-refractivity contribution >= 4 is 17.6 Å². The molecule has 2 aromatic rings. The van der Waals surface area contributed by atoms with E-state index in [-0.39, 0.29) is 23.6 Å². The predicted octanol–water partition coefficient (Wildman–Crippen LogP) is 4.17. The summed E-state index contributed by atoms with van der Waals surface area (Å²) in [6.45, 7) is 4.47. The fourth-order valence-electron chi connectivity index (χ4n) is 2.54. The molecular formula is C20H22F3N3O3. The van der Waals surface area contributed by atoms with Gasteiger partial charge in [0.2, 0.25) is 5.91 Å². The highest BCUT2D eigenvalue weighted by Gasteiger charge is 2.26. The molecule has 2 amide bonds. The molecule has 2 rings (SSSR count). The Morgan fingerprint density at radius 1 is 1.17 bits per heavy atom. The predicted molar refractivity (Wildman–Crippen MR) is 102 cm³/mol. The van der Waals surface area contributed by atoms with Crippen molar-refractivity contribution in [1.29, 1.82) is 0 Å². The van der Waals surface area contributed by atoms with Crippen LogP contribution in [0, 0.1) is 6.92 Å². The van der Waals surface area contributed by atoms with Crippen molar-refractivity contribution in [2.75, 3.05) is 11.9 Å². The quantitative estimate of drug-likeness (QED) is 0.719. The maximum Gasteiger partial charge on any atom is 0.392 e. The zero-order valence-corrected chi connectivity index (χ0v) is 16.3. The monoisotopic (exact) mass is 409 g/mol. The molecule has 1 aromatic heterocycles. The molecule has 0 aliphatic rings. The Hall–Kier alpha value is -3.10. The molecule has 0 bridgehead atoms. The van der Waals surface area contributed by atoms with E-state index in [2.05, 4.69) is 15.6 Å². The van der Waals surface area contributed by atoms with Gasteiger partial charge in [-0.05, 0) is 55.8 Å². The van der Waals surface area contributed by atoms with E-state index in [0.29, 0.717) is 17.1 Å². The highest BCUT2D eigenvalue weighted by molar-refractivity contribution is 5.94. The molecule has 156 valence electrons. The van der Waals surface area contributed by atoms with Crippen LogP contribution in [0.2, 0.25) is 0 Å². The van der Waals surface area contributed by atoms with E-state index >= 15 is 0 Å². The third-order valence-electron chi connectivity index (χ3n) is 3.90. The van der Waals surface area contributed by atoms with Crippen molar-refractivity contribution in [3.05, 3.63) is 53.2 Å². The Labute approximate surface area is 166 Å². The number of aromatic nitrogens is 1. The second-order valence-corrected chi connectivity index (χ2v) is 6.54. The van der Waals surface area contributed by atoms with Crippen LogP contribution >= 0.6 is 0 Å². The molecule has 0 saturated heterocycles. The first-order valence-corrected chi connectivity index (χ1v) is 8.90. The number of halogens is 3. The lowest BCUT2D eigenvalue weighted by atomic mass is 10.1. The number of ether oxygens (including phenoxy) is 1. The number of rotatable bonds is 7. The summed E-state index contributed by atoms with van der Waals surface area (Å²) < 4.78 is 41.5. The van der Waals surface area contributed by atoms with Crippen LogP contribution < -0.4 is 15.4 Å². The minimum Gasteiger partial charge on any atom is -0.493 e. The number of carbonyl (C=O) groups excluding carboxylic acids is 2. The molecule has 0 radical (unpaired) electrons. The molecule has 6 nitrogen and oxygen atoms in total. The largest absolute Gasteiger partial charge is 0.493 e. The third-order valence-corrected chi connectivity index (χ3v) is 3.90. The van der Waals surface area contributed by atoms with Gasteiger partial charge in [-0.25, -0.2) is 4.98 Å². The zero-order chi connectivity index (χ0) is 21.6. The van der Waals surface area contributed by atoms with E-state index in [1.165, 1.54) is 31.2 Å². The summed E-state index contributed by atoms with van der Waals surface area (Å²) >= 11 is 0. The standard InChI is InChI=1S/C20H22F3N3O3/c1-12-10-16(11-18(24-12)26-14(3)27)13(2)25-19(28)15-4-6-17(7-5-15)29-9-8-20(21,22)23/h4-7,10-11,13H,8-9H2,1-3H3,(H,25,28)(H,24,26,27). The maximum atomic E-state index is 12.4. The Bertz CT molecular complexity index is 868. The van der Waals surface area contributed by atoms with Crippen molar-refractivity contribution in [2.45, 2.75) is 39.4 Å². The zero-order valence-electron chi connectivity index (χ0n) is 16.3. The van der Waals surface area contributed by atoms with Gasteiger partial charge in [-0.15, -0.1) is 0 Å². The molecule has 0 spiro atoms. The highest BCUT2D eigenvalue weighted by atomic mass is 19.4. The van der Waals surface area contributed by atoms with Crippen LogP contribution in [0.4, 0.5) is 19.0 Å². The number of hydrogen-bond acceptors (Lipinski definition) is 4. The van der Waals surface area contributed by atoms with Gasteiger partial charge in [-0.3, -0.25) is 9.59 Å². The van der Waals surface area contributed by atoms with Crippen LogP contribution in [0.5, 0.6) is 5.75 Å². The van der Waals surface area contributed by atoms with Gasteiger partial charge in [0.15, 0.2) is 0 Å². The molecule has 0 saturated carbocycles.